The van der Waals surface area contributed by atoms with Gasteiger partial charge in [0.15, 0.2) is 0 Å². The zero-order valence-electron chi connectivity index (χ0n) is 6.73. The summed E-state index contributed by atoms with van der Waals surface area (Å²) >= 11 is 6.96. The van der Waals surface area contributed by atoms with Crippen LogP contribution in [0.2, 0.25) is 0 Å². The first kappa shape index (κ1) is 11.9. The van der Waals surface area contributed by atoms with E-state index in [1.54, 1.807) is 0 Å². The fourth-order valence-electron chi connectivity index (χ4n) is 0.908. The highest BCUT2D eigenvalue weighted by molar-refractivity contribution is 9.12. The van der Waals surface area contributed by atoms with Gasteiger partial charge in [0.2, 0.25) is 0 Å². The Labute approximate surface area is 85.8 Å². The number of aliphatic hydroxyl groups is 1. The van der Waals surface area contributed by atoms with Gasteiger partial charge in [0.05, 0.1) is 0 Å². The summed E-state index contributed by atoms with van der Waals surface area (Å²) in [6, 6.07) is 0. The van der Waals surface area contributed by atoms with Gasteiger partial charge >= 0.3 is 0 Å². The quantitative estimate of drug-likeness (QED) is 0.564. The van der Waals surface area contributed by atoms with Gasteiger partial charge < -0.3 is 5.11 Å². The molecular formula is C8H16Br2O. The summed E-state index contributed by atoms with van der Waals surface area (Å²) < 4.78 is 0. The number of hydrogen-bond donors (Lipinski definition) is 1. The van der Waals surface area contributed by atoms with E-state index in [1.165, 1.54) is 25.7 Å². The van der Waals surface area contributed by atoms with Crippen molar-refractivity contribution < 1.29 is 5.11 Å². The third-order valence-electron chi connectivity index (χ3n) is 1.59. The van der Waals surface area contributed by atoms with Crippen LogP contribution >= 0.6 is 31.9 Å². The molecule has 0 heterocycles. The summed E-state index contributed by atoms with van der Waals surface area (Å²) in [6.07, 6.45) is 5.87. The molecule has 1 N–H and O–H groups in total. The predicted molar refractivity (Wildman–Crippen MR) is 56.7 cm³/mol. The standard InChI is InChI=1S/C8H16Br2O/c9-7-8(10)5-3-1-2-4-6-11/h8,11H,1-7H2. The Morgan fingerprint density at radius 3 is 2.27 bits per heavy atom. The van der Waals surface area contributed by atoms with Crippen molar-refractivity contribution in [2.24, 2.45) is 0 Å². The van der Waals surface area contributed by atoms with Crippen LogP contribution in [-0.4, -0.2) is 21.9 Å². The number of alkyl halides is 2. The van der Waals surface area contributed by atoms with Gasteiger partial charge in [0.25, 0.3) is 0 Å². The van der Waals surface area contributed by atoms with E-state index in [0.29, 0.717) is 11.4 Å². The molecule has 0 aromatic carbocycles. The number of rotatable bonds is 7. The molecule has 0 aliphatic rings. The second-order valence-electron chi connectivity index (χ2n) is 2.68. The van der Waals surface area contributed by atoms with Crippen molar-refractivity contribution in [2.75, 3.05) is 11.9 Å². The average molecular weight is 288 g/mol. The monoisotopic (exact) mass is 286 g/mol. The maximum atomic E-state index is 8.50. The number of hydrogen-bond acceptors (Lipinski definition) is 1. The molecule has 1 atom stereocenters. The molecule has 0 spiro atoms. The normalized spacial score (nSPS) is 13.4. The van der Waals surface area contributed by atoms with Crippen molar-refractivity contribution in [3.8, 4) is 0 Å². The Kier molecular flexibility index (Phi) is 9.77. The maximum absolute atomic E-state index is 8.50. The van der Waals surface area contributed by atoms with Crippen molar-refractivity contribution in [3.63, 3.8) is 0 Å². The third kappa shape index (κ3) is 8.83. The molecule has 1 nitrogen and oxygen atoms in total. The second-order valence-corrected chi connectivity index (χ2v) is 4.62. The molecule has 0 saturated carbocycles. The van der Waals surface area contributed by atoms with E-state index < -0.39 is 0 Å². The van der Waals surface area contributed by atoms with E-state index in [9.17, 15) is 0 Å². The Bertz CT molecular complexity index is 78.5. The van der Waals surface area contributed by atoms with Crippen molar-refractivity contribution >= 4 is 31.9 Å². The van der Waals surface area contributed by atoms with Crippen LogP contribution in [0.25, 0.3) is 0 Å². The molecular weight excluding hydrogens is 272 g/mol. The van der Waals surface area contributed by atoms with Crippen LogP contribution in [-0.2, 0) is 0 Å². The minimum atomic E-state index is 0.343. The van der Waals surface area contributed by atoms with Gasteiger partial charge in [-0.3, -0.25) is 0 Å². The lowest BCUT2D eigenvalue weighted by molar-refractivity contribution is 0.282. The van der Waals surface area contributed by atoms with Crippen molar-refractivity contribution in [2.45, 2.75) is 36.9 Å². The molecule has 0 aromatic rings. The third-order valence-corrected chi connectivity index (χ3v) is 4.02. The van der Waals surface area contributed by atoms with Crippen molar-refractivity contribution in [1.82, 2.24) is 0 Å². The molecule has 3 heteroatoms. The van der Waals surface area contributed by atoms with Gasteiger partial charge in [-0.05, 0) is 12.8 Å². The van der Waals surface area contributed by atoms with Crippen LogP contribution in [0.4, 0.5) is 0 Å². The summed E-state index contributed by atoms with van der Waals surface area (Å²) in [5.41, 5.74) is 0. The Morgan fingerprint density at radius 1 is 1.09 bits per heavy atom. The number of aliphatic hydroxyl groups excluding tert-OH is 1. The summed E-state index contributed by atoms with van der Waals surface area (Å²) in [6.45, 7) is 0.343. The van der Waals surface area contributed by atoms with E-state index in [2.05, 4.69) is 31.9 Å². The first-order chi connectivity index (χ1) is 5.31. The van der Waals surface area contributed by atoms with Crippen LogP contribution in [0.3, 0.4) is 0 Å². The molecule has 0 aliphatic heterocycles. The maximum Gasteiger partial charge on any atom is 0.0431 e. The average Bonchev–Trinajstić information content (AvgIpc) is 2.04. The topological polar surface area (TPSA) is 20.2 Å². The molecule has 0 bridgehead atoms. The smallest absolute Gasteiger partial charge is 0.0431 e. The second kappa shape index (κ2) is 9.01. The summed E-state index contributed by atoms with van der Waals surface area (Å²) in [4.78, 5) is 0.622. The summed E-state index contributed by atoms with van der Waals surface area (Å²) in [7, 11) is 0. The molecule has 0 amide bonds. The SMILES string of the molecule is OCCCCCCC(Br)CBr. The minimum absolute atomic E-state index is 0.343. The lowest BCUT2D eigenvalue weighted by Crippen LogP contribution is -1.98. The van der Waals surface area contributed by atoms with Gasteiger partial charge in [0, 0.05) is 16.8 Å². The minimum Gasteiger partial charge on any atom is -0.396 e. The summed E-state index contributed by atoms with van der Waals surface area (Å²) in [5.74, 6) is 0. The fourth-order valence-corrected chi connectivity index (χ4v) is 1.56. The largest absolute Gasteiger partial charge is 0.396 e. The van der Waals surface area contributed by atoms with Crippen molar-refractivity contribution in [3.05, 3.63) is 0 Å². The zero-order valence-corrected chi connectivity index (χ0v) is 9.90. The first-order valence-electron chi connectivity index (χ1n) is 4.12. The predicted octanol–water partition coefficient (Wildman–Crippen LogP) is 3.09. The van der Waals surface area contributed by atoms with Crippen LogP contribution in [0.5, 0.6) is 0 Å². The van der Waals surface area contributed by atoms with Gasteiger partial charge in [-0.15, -0.1) is 0 Å². The number of unbranched alkanes of at least 4 members (excludes halogenated alkanes) is 3. The van der Waals surface area contributed by atoms with E-state index in [-0.39, 0.29) is 0 Å². The Balaban J connectivity index is 2.89. The van der Waals surface area contributed by atoms with E-state index in [0.717, 1.165) is 11.8 Å². The van der Waals surface area contributed by atoms with Gasteiger partial charge in [-0.25, -0.2) is 0 Å². The molecule has 0 fully saturated rings. The van der Waals surface area contributed by atoms with Crippen LogP contribution in [0.1, 0.15) is 32.1 Å². The van der Waals surface area contributed by atoms with Crippen LogP contribution < -0.4 is 0 Å². The van der Waals surface area contributed by atoms with Gasteiger partial charge in [-0.2, -0.15) is 0 Å². The molecule has 0 saturated heterocycles. The van der Waals surface area contributed by atoms with Gasteiger partial charge in [0.1, 0.15) is 0 Å². The van der Waals surface area contributed by atoms with Crippen molar-refractivity contribution in [1.29, 1.82) is 0 Å². The fraction of sp³-hybridized carbons (Fsp3) is 1.00. The lowest BCUT2D eigenvalue weighted by atomic mass is 10.1. The van der Waals surface area contributed by atoms with Crippen LogP contribution in [0.15, 0.2) is 0 Å². The Morgan fingerprint density at radius 2 is 1.73 bits per heavy atom. The molecule has 0 radical (unpaired) electrons. The lowest BCUT2D eigenvalue weighted by Gasteiger charge is -2.04. The van der Waals surface area contributed by atoms with Gasteiger partial charge in [-0.1, -0.05) is 51.1 Å². The molecule has 1 unspecified atom stereocenters. The van der Waals surface area contributed by atoms with E-state index in [1.807, 2.05) is 0 Å². The van der Waals surface area contributed by atoms with E-state index >= 15 is 0 Å². The zero-order chi connectivity index (χ0) is 8.53. The molecule has 68 valence electrons. The highest BCUT2D eigenvalue weighted by Crippen LogP contribution is 2.13. The Hall–Kier alpha value is 0.920. The summed E-state index contributed by atoms with van der Waals surface area (Å²) in [5, 5.41) is 9.54. The number of halogens is 2. The molecule has 11 heavy (non-hydrogen) atoms. The molecule has 0 aromatic heterocycles. The highest BCUT2D eigenvalue weighted by Gasteiger charge is 1.99. The van der Waals surface area contributed by atoms with E-state index in [4.69, 9.17) is 5.11 Å². The van der Waals surface area contributed by atoms with Crippen LogP contribution in [0, 0.1) is 0 Å². The molecule has 0 rings (SSSR count). The molecule has 0 aliphatic carbocycles. The first-order valence-corrected chi connectivity index (χ1v) is 6.16. The highest BCUT2D eigenvalue weighted by atomic mass is 79.9.